The van der Waals surface area contributed by atoms with E-state index in [9.17, 15) is 13.6 Å². The molecule has 2 heterocycles. The van der Waals surface area contributed by atoms with Crippen molar-refractivity contribution >= 4 is 46.7 Å². The Balaban J connectivity index is 1.56. The van der Waals surface area contributed by atoms with Gasteiger partial charge in [-0.2, -0.15) is 4.98 Å². The van der Waals surface area contributed by atoms with Crippen LogP contribution in [-0.4, -0.2) is 20.7 Å². The highest BCUT2D eigenvalue weighted by Crippen LogP contribution is 2.37. The maximum absolute atomic E-state index is 14.9. The van der Waals surface area contributed by atoms with Crippen molar-refractivity contribution in [3.05, 3.63) is 111 Å². The summed E-state index contributed by atoms with van der Waals surface area (Å²) >= 11 is 12.4. The predicted octanol–water partition coefficient (Wildman–Crippen LogP) is 6.17. The molecule has 1 aromatic heterocycles. The number of hydrogen-bond donors (Lipinski definition) is 2. The summed E-state index contributed by atoms with van der Waals surface area (Å²) in [7, 11) is 0. The van der Waals surface area contributed by atoms with Gasteiger partial charge in [-0.15, -0.1) is 5.10 Å². The van der Waals surface area contributed by atoms with Gasteiger partial charge in [0.2, 0.25) is 5.95 Å². The van der Waals surface area contributed by atoms with Crippen molar-refractivity contribution in [2.75, 3.05) is 10.6 Å². The third-order valence-electron chi connectivity index (χ3n) is 5.26. The van der Waals surface area contributed by atoms with Crippen LogP contribution in [0.3, 0.4) is 0 Å². The Kier molecular flexibility index (Phi) is 5.77. The molecule has 0 bridgehead atoms. The number of rotatable bonds is 4. The first-order valence-corrected chi connectivity index (χ1v) is 10.9. The zero-order chi connectivity index (χ0) is 23.8. The Hall–Kier alpha value is -3.75. The van der Waals surface area contributed by atoms with Gasteiger partial charge in [0, 0.05) is 21.3 Å². The van der Waals surface area contributed by atoms with Crippen LogP contribution in [0.1, 0.15) is 27.5 Å². The third kappa shape index (κ3) is 4.13. The molecule has 1 aliphatic heterocycles. The van der Waals surface area contributed by atoms with Gasteiger partial charge in [-0.3, -0.25) is 10.1 Å². The van der Waals surface area contributed by atoms with E-state index in [1.54, 1.807) is 42.5 Å². The van der Waals surface area contributed by atoms with Gasteiger partial charge in [-0.1, -0.05) is 53.5 Å². The molecule has 3 aromatic carbocycles. The molecule has 0 unspecified atom stereocenters. The maximum Gasteiger partial charge on any atom is 0.261 e. The standard InChI is InChI=1S/C24H15Cl2F2N5O/c25-14-10-8-13(9-11-14)19-12-20(21-16(26)5-3-7-18(21)28)33-24(29-19)31-23(32-33)30-22(34)15-4-1-2-6-17(15)27/h1-12,20H,(H2,29,30,31,32,34)/t20-/m1/s1. The molecule has 0 spiro atoms. The van der Waals surface area contributed by atoms with Crippen molar-refractivity contribution in [2.24, 2.45) is 0 Å². The van der Waals surface area contributed by atoms with Gasteiger partial charge in [0.25, 0.3) is 11.9 Å². The lowest BCUT2D eigenvalue weighted by atomic mass is 10.0. The number of halogens is 4. The molecule has 10 heteroatoms. The lowest BCUT2D eigenvalue weighted by molar-refractivity contribution is 0.102. The number of aromatic nitrogens is 3. The minimum absolute atomic E-state index is 0.0843. The molecule has 0 saturated carbocycles. The Morgan fingerprint density at radius 2 is 1.71 bits per heavy atom. The van der Waals surface area contributed by atoms with E-state index in [-0.39, 0.29) is 28.0 Å². The van der Waals surface area contributed by atoms with Gasteiger partial charge in [-0.05, 0) is 48.0 Å². The van der Waals surface area contributed by atoms with Gasteiger partial charge in [-0.25, -0.2) is 13.5 Å². The highest BCUT2D eigenvalue weighted by atomic mass is 35.5. The molecule has 0 saturated heterocycles. The molecule has 1 aliphatic rings. The number of carbonyl (C=O) groups is 1. The molecule has 1 amide bonds. The topological polar surface area (TPSA) is 71.8 Å². The van der Waals surface area contributed by atoms with E-state index >= 15 is 0 Å². The first-order chi connectivity index (χ1) is 16.4. The number of fused-ring (bicyclic) bond motifs is 1. The summed E-state index contributed by atoms with van der Waals surface area (Å²) in [6, 6.07) is 16.2. The second-order valence-corrected chi connectivity index (χ2v) is 8.27. The molecule has 0 radical (unpaired) electrons. The van der Waals surface area contributed by atoms with Crippen LogP contribution >= 0.6 is 23.2 Å². The summed E-state index contributed by atoms with van der Waals surface area (Å²) in [5.41, 5.74) is 1.42. The van der Waals surface area contributed by atoms with E-state index < -0.39 is 23.6 Å². The van der Waals surface area contributed by atoms with Crippen LogP contribution in [0.25, 0.3) is 5.70 Å². The fourth-order valence-electron chi connectivity index (χ4n) is 3.66. The lowest BCUT2D eigenvalue weighted by Crippen LogP contribution is -2.21. The minimum Gasteiger partial charge on any atom is -0.324 e. The SMILES string of the molecule is O=C(Nc1nc2n(n1)[C@@H](c1c(F)cccc1Cl)C=C(c1ccc(Cl)cc1)N2)c1ccccc1F. The van der Waals surface area contributed by atoms with Crippen LogP contribution in [0.5, 0.6) is 0 Å². The highest BCUT2D eigenvalue weighted by Gasteiger charge is 2.29. The third-order valence-corrected chi connectivity index (χ3v) is 5.84. The fraction of sp³-hybridized carbons (Fsp3) is 0.0417. The van der Waals surface area contributed by atoms with E-state index in [4.69, 9.17) is 23.2 Å². The van der Waals surface area contributed by atoms with Crippen molar-refractivity contribution in [2.45, 2.75) is 6.04 Å². The van der Waals surface area contributed by atoms with Crippen LogP contribution in [0.4, 0.5) is 20.7 Å². The fourth-order valence-corrected chi connectivity index (χ4v) is 4.06. The van der Waals surface area contributed by atoms with Gasteiger partial charge >= 0.3 is 0 Å². The number of nitrogens with one attached hydrogen (secondary N) is 2. The van der Waals surface area contributed by atoms with E-state index in [0.717, 1.165) is 5.56 Å². The average Bonchev–Trinajstić information content (AvgIpc) is 3.22. The molecule has 34 heavy (non-hydrogen) atoms. The molecule has 5 rings (SSSR count). The van der Waals surface area contributed by atoms with E-state index in [0.29, 0.717) is 10.7 Å². The normalized spacial score (nSPS) is 14.7. The van der Waals surface area contributed by atoms with E-state index in [1.165, 1.54) is 35.0 Å². The molecular formula is C24H15Cl2F2N5O. The minimum atomic E-state index is -0.776. The number of anilines is 2. The Labute approximate surface area is 202 Å². The molecule has 4 aromatic rings. The molecule has 0 fully saturated rings. The Morgan fingerprint density at radius 1 is 0.971 bits per heavy atom. The monoisotopic (exact) mass is 497 g/mol. The molecule has 6 nitrogen and oxygen atoms in total. The number of benzene rings is 3. The quantitative estimate of drug-likeness (QED) is 0.353. The van der Waals surface area contributed by atoms with Crippen molar-refractivity contribution in [3.63, 3.8) is 0 Å². The van der Waals surface area contributed by atoms with Crippen LogP contribution < -0.4 is 10.6 Å². The van der Waals surface area contributed by atoms with Crippen molar-refractivity contribution in [1.82, 2.24) is 14.8 Å². The van der Waals surface area contributed by atoms with E-state index in [1.807, 2.05) is 0 Å². The predicted molar refractivity (Wildman–Crippen MR) is 127 cm³/mol. The molecule has 0 aliphatic carbocycles. The van der Waals surface area contributed by atoms with Crippen LogP contribution in [0.2, 0.25) is 10.0 Å². The van der Waals surface area contributed by atoms with Crippen LogP contribution in [0.15, 0.2) is 72.8 Å². The van der Waals surface area contributed by atoms with Gasteiger partial charge < -0.3 is 5.32 Å². The lowest BCUT2D eigenvalue weighted by Gasteiger charge is -2.25. The molecule has 2 N–H and O–H groups in total. The summed E-state index contributed by atoms with van der Waals surface area (Å²) in [6.07, 6.45) is 1.75. The van der Waals surface area contributed by atoms with Crippen LogP contribution in [-0.2, 0) is 0 Å². The molecular weight excluding hydrogens is 483 g/mol. The largest absolute Gasteiger partial charge is 0.324 e. The summed E-state index contributed by atoms with van der Waals surface area (Å²) in [5, 5.41) is 10.7. The first kappa shape index (κ1) is 22.1. The van der Waals surface area contributed by atoms with Crippen molar-refractivity contribution < 1.29 is 13.6 Å². The van der Waals surface area contributed by atoms with Crippen LogP contribution in [0, 0.1) is 11.6 Å². The second kappa shape index (κ2) is 8.89. The average molecular weight is 498 g/mol. The summed E-state index contributed by atoms with van der Waals surface area (Å²) in [6.45, 7) is 0. The zero-order valence-corrected chi connectivity index (χ0v) is 18.8. The number of nitrogens with zero attached hydrogens (tertiary/aromatic N) is 3. The number of allylic oxidation sites excluding steroid dienone is 1. The summed E-state index contributed by atoms with van der Waals surface area (Å²) < 4.78 is 30.3. The van der Waals surface area contributed by atoms with Gasteiger partial charge in [0.05, 0.1) is 5.56 Å². The van der Waals surface area contributed by atoms with E-state index in [2.05, 4.69) is 20.7 Å². The van der Waals surface area contributed by atoms with Crippen molar-refractivity contribution in [3.8, 4) is 0 Å². The maximum atomic E-state index is 14.9. The number of hydrogen-bond acceptors (Lipinski definition) is 4. The molecule has 170 valence electrons. The zero-order valence-electron chi connectivity index (χ0n) is 17.3. The Bertz CT molecular complexity index is 1420. The molecule has 1 atom stereocenters. The summed E-state index contributed by atoms with van der Waals surface area (Å²) in [4.78, 5) is 16.9. The highest BCUT2D eigenvalue weighted by molar-refractivity contribution is 6.31. The number of carbonyl (C=O) groups excluding carboxylic acids is 1. The Morgan fingerprint density at radius 3 is 2.44 bits per heavy atom. The smallest absolute Gasteiger partial charge is 0.261 e. The van der Waals surface area contributed by atoms with Crippen molar-refractivity contribution in [1.29, 1.82) is 0 Å². The summed E-state index contributed by atoms with van der Waals surface area (Å²) in [5.74, 6) is -1.76. The number of amides is 1. The first-order valence-electron chi connectivity index (χ1n) is 10.1. The van der Waals surface area contributed by atoms with Gasteiger partial charge in [0.15, 0.2) is 0 Å². The van der Waals surface area contributed by atoms with Gasteiger partial charge in [0.1, 0.15) is 17.7 Å². The second-order valence-electron chi connectivity index (χ2n) is 7.43.